The second kappa shape index (κ2) is 3.58. The Bertz CT molecular complexity index is 394. The second-order valence-electron chi connectivity index (χ2n) is 3.03. The third kappa shape index (κ3) is 1.70. The van der Waals surface area contributed by atoms with E-state index >= 15 is 0 Å². The predicted molar refractivity (Wildman–Crippen MR) is 49.4 cm³/mol. The summed E-state index contributed by atoms with van der Waals surface area (Å²) in [5, 5.41) is 13.4. The van der Waals surface area contributed by atoms with E-state index in [0.29, 0.717) is 0 Å². The van der Waals surface area contributed by atoms with Crippen LogP contribution in [0.2, 0.25) is 0 Å². The van der Waals surface area contributed by atoms with Crippen molar-refractivity contribution in [1.82, 2.24) is 5.16 Å². The number of nitrogens with zero attached hydrogens (tertiary/aromatic N) is 1. The van der Waals surface area contributed by atoms with Crippen LogP contribution < -0.4 is 0 Å². The molecule has 2 aromatic rings. The number of aliphatic hydroxyl groups excluding tert-OH is 1. The fraction of sp³-hybridized carbons (Fsp3) is 0.300. The molecule has 0 aliphatic rings. The van der Waals surface area contributed by atoms with Gasteiger partial charge in [-0.25, -0.2) is 0 Å². The van der Waals surface area contributed by atoms with Gasteiger partial charge in [0.2, 0.25) is 0 Å². The van der Waals surface area contributed by atoms with Crippen LogP contribution in [0.15, 0.2) is 28.9 Å². The van der Waals surface area contributed by atoms with Crippen LogP contribution in [0.4, 0.5) is 0 Å². The van der Waals surface area contributed by atoms with Gasteiger partial charge in [0.05, 0.1) is 6.20 Å². The van der Waals surface area contributed by atoms with Crippen molar-refractivity contribution in [2.75, 3.05) is 6.61 Å². The maximum absolute atomic E-state index is 8.67. The smallest absolute Gasteiger partial charge is 0.166 e. The highest BCUT2D eigenvalue weighted by atomic mass is 16.5. The van der Waals surface area contributed by atoms with Crippen LogP contribution in [-0.4, -0.2) is 16.9 Å². The quantitative estimate of drug-likeness (QED) is 0.776. The first kappa shape index (κ1) is 8.26. The Balaban J connectivity index is 2.26. The molecule has 1 aromatic carbocycles. The summed E-state index contributed by atoms with van der Waals surface area (Å²) in [6.07, 6.45) is 3.41. The number of aromatic nitrogens is 1. The van der Waals surface area contributed by atoms with Gasteiger partial charge < -0.3 is 9.63 Å². The van der Waals surface area contributed by atoms with Gasteiger partial charge in [0, 0.05) is 12.0 Å². The lowest BCUT2D eigenvalue weighted by molar-refractivity contribution is 0.288. The molecule has 0 saturated heterocycles. The van der Waals surface area contributed by atoms with Gasteiger partial charge in [-0.15, -0.1) is 0 Å². The largest absolute Gasteiger partial charge is 0.396 e. The van der Waals surface area contributed by atoms with Crippen molar-refractivity contribution in [1.29, 1.82) is 0 Å². The molecule has 0 amide bonds. The highest BCUT2D eigenvalue weighted by Gasteiger charge is 1.99. The van der Waals surface area contributed by atoms with E-state index in [1.54, 1.807) is 6.20 Å². The predicted octanol–water partition coefficient (Wildman–Crippen LogP) is 1.75. The van der Waals surface area contributed by atoms with Gasteiger partial charge in [-0.05, 0) is 30.5 Å². The second-order valence-corrected chi connectivity index (χ2v) is 3.03. The lowest BCUT2D eigenvalue weighted by atomic mass is 10.1. The Morgan fingerprint density at radius 1 is 1.38 bits per heavy atom. The molecule has 0 radical (unpaired) electrons. The number of aliphatic hydroxyl groups is 1. The van der Waals surface area contributed by atoms with Gasteiger partial charge in [0.15, 0.2) is 5.58 Å². The first-order chi connectivity index (χ1) is 6.40. The van der Waals surface area contributed by atoms with Crippen LogP contribution in [0.3, 0.4) is 0 Å². The van der Waals surface area contributed by atoms with E-state index in [1.165, 1.54) is 5.56 Å². The van der Waals surface area contributed by atoms with Crippen LogP contribution >= 0.6 is 0 Å². The third-order valence-corrected chi connectivity index (χ3v) is 2.04. The molecule has 0 bridgehead atoms. The molecule has 0 unspecified atom stereocenters. The monoisotopic (exact) mass is 177 g/mol. The number of fused-ring (bicyclic) bond motifs is 1. The summed E-state index contributed by atoms with van der Waals surface area (Å²) in [5.74, 6) is 0. The summed E-state index contributed by atoms with van der Waals surface area (Å²) in [4.78, 5) is 0. The Kier molecular flexibility index (Phi) is 2.27. The summed E-state index contributed by atoms with van der Waals surface area (Å²) in [6.45, 7) is 0.238. The molecule has 1 aromatic heterocycles. The molecular formula is C10H11NO2. The lowest BCUT2D eigenvalue weighted by Crippen LogP contribution is -1.88. The molecule has 2 rings (SSSR count). The summed E-state index contributed by atoms with van der Waals surface area (Å²) in [7, 11) is 0. The molecule has 3 nitrogen and oxygen atoms in total. The van der Waals surface area contributed by atoms with Crippen molar-refractivity contribution in [3.05, 3.63) is 30.0 Å². The minimum Gasteiger partial charge on any atom is -0.396 e. The van der Waals surface area contributed by atoms with E-state index in [4.69, 9.17) is 9.63 Å². The highest BCUT2D eigenvalue weighted by molar-refractivity contribution is 5.76. The third-order valence-electron chi connectivity index (χ3n) is 2.04. The zero-order valence-electron chi connectivity index (χ0n) is 7.23. The molecule has 13 heavy (non-hydrogen) atoms. The van der Waals surface area contributed by atoms with Crippen LogP contribution in [0.25, 0.3) is 11.0 Å². The summed E-state index contributed by atoms with van der Waals surface area (Å²) in [6, 6.07) is 5.96. The van der Waals surface area contributed by atoms with Crippen molar-refractivity contribution in [3.8, 4) is 0 Å². The van der Waals surface area contributed by atoms with Gasteiger partial charge in [-0.1, -0.05) is 11.2 Å². The first-order valence-corrected chi connectivity index (χ1v) is 4.34. The molecule has 3 heteroatoms. The standard InChI is InChI=1S/C10H11NO2/c12-5-1-2-8-3-4-10-9(6-8)7-11-13-10/h3-4,6-7,12H,1-2,5H2. The van der Waals surface area contributed by atoms with E-state index < -0.39 is 0 Å². The normalized spacial score (nSPS) is 10.8. The molecule has 1 heterocycles. The maximum Gasteiger partial charge on any atom is 0.166 e. The number of benzene rings is 1. The fourth-order valence-electron chi connectivity index (χ4n) is 1.36. The molecule has 0 fully saturated rings. The fourth-order valence-corrected chi connectivity index (χ4v) is 1.36. The van der Waals surface area contributed by atoms with Gasteiger partial charge in [-0.3, -0.25) is 0 Å². The van der Waals surface area contributed by atoms with Crippen molar-refractivity contribution in [3.63, 3.8) is 0 Å². The first-order valence-electron chi connectivity index (χ1n) is 4.34. The van der Waals surface area contributed by atoms with Gasteiger partial charge in [0.25, 0.3) is 0 Å². The minimum absolute atomic E-state index is 0.238. The van der Waals surface area contributed by atoms with Gasteiger partial charge in [0.1, 0.15) is 0 Å². The molecule has 0 atom stereocenters. The van der Waals surface area contributed by atoms with Crippen LogP contribution in [0, 0.1) is 0 Å². The summed E-state index contributed by atoms with van der Waals surface area (Å²) in [5.41, 5.74) is 2.03. The van der Waals surface area contributed by atoms with Crippen molar-refractivity contribution in [2.45, 2.75) is 12.8 Å². The van der Waals surface area contributed by atoms with Gasteiger partial charge in [-0.2, -0.15) is 0 Å². The van der Waals surface area contributed by atoms with Crippen molar-refractivity contribution < 1.29 is 9.63 Å². The molecule has 1 N–H and O–H groups in total. The molecule has 0 aliphatic heterocycles. The molecule has 0 saturated carbocycles. The molecular weight excluding hydrogens is 166 g/mol. The van der Waals surface area contributed by atoms with Crippen molar-refractivity contribution >= 4 is 11.0 Å². The zero-order valence-corrected chi connectivity index (χ0v) is 7.23. The van der Waals surface area contributed by atoms with E-state index in [-0.39, 0.29) is 6.61 Å². The Morgan fingerprint density at radius 2 is 2.31 bits per heavy atom. The SMILES string of the molecule is OCCCc1ccc2oncc2c1. The Morgan fingerprint density at radius 3 is 3.15 bits per heavy atom. The average Bonchev–Trinajstić information content (AvgIpc) is 2.61. The van der Waals surface area contributed by atoms with E-state index in [2.05, 4.69) is 5.16 Å². The topological polar surface area (TPSA) is 46.3 Å². The van der Waals surface area contributed by atoms with Crippen LogP contribution in [-0.2, 0) is 6.42 Å². The summed E-state index contributed by atoms with van der Waals surface area (Å²) < 4.78 is 4.98. The number of rotatable bonds is 3. The van der Waals surface area contributed by atoms with Gasteiger partial charge >= 0.3 is 0 Å². The minimum atomic E-state index is 0.238. The molecule has 0 spiro atoms. The van der Waals surface area contributed by atoms with Crippen molar-refractivity contribution in [2.24, 2.45) is 0 Å². The van der Waals surface area contributed by atoms with Crippen LogP contribution in [0.5, 0.6) is 0 Å². The average molecular weight is 177 g/mol. The number of aryl methyl sites for hydroxylation is 1. The zero-order chi connectivity index (χ0) is 9.10. The van der Waals surface area contributed by atoms with Crippen LogP contribution in [0.1, 0.15) is 12.0 Å². The highest BCUT2D eigenvalue weighted by Crippen LogP contribution is 2.15. The summed E-state index contributed by atoms with van der Waals surface area (Å²) >= 11 is 0. The lowest BCUT2D eigenvalue weighted by Gasteiger charge is -1.97. The maximum atomic E-state index is 8.67. The van der Waals surface area contributed by atoms with E-state index in [9.17, 15) is 0 Å². The van der Waals surface area contributed by atoms with E-state index in [1.807, 2.05) is 18.2 Å². The molecule has 68 valence electrons. The Labute approximate surface area is 76.0 Å². The number of hydrogen-bond acceptors (Lipinski definition) is 3. The van der Waals surface area contributed by atoms with E-state index in [0.717, 1.165) is 23.8 Å². The Hall–Kier alpha value is -1.35. The number of hydrogen-bond donors (Lipinski definition) is 1. The molecule has 0 aliphatic carbocycles.